The van der Waals surface area contributed by atoms with Crippen molar-refractivity contribution in [2.45, 2.75) is 34.1 Å². The number of hydrogen-bond acceptors (Lipinski definition) is 6. The maximum atomic E-state index is 12.0. The zero-order chi connectivity index (χ0) is 18.9. The van der Waals surface area contributed by atoms with Gasteiger partial charge < -0.3 is 14.5 Å². The van der Waals surface area contributed by atoms with E-state index in [1.165, 1.54) is 0 Å². The van der Waals surface area contributed by atoms with Gasteiger partial charge in [0.1, 0.15) is 16.3 Å². The number of carbonyl (C=O) groups excluding carboxylic acids is 1. The Balaban J connectivity index is 1.63. The smallest absolute Gasteiger partial charge is 0.262 e. The van der Waals surface area contributed by atoms with Gasteiger partial charge in [-0.25, -0.2) is 4.98 Å². The predicted molar refractivity (Wildman–Crippen MR) is 103 cm³/mol. The molecule has 1 aromatic carbocycles. The summed E-state index contributed by atoms with van der Waals surface area (Å²) in [5.41, 5.74) is 2.20. The minimum absolute atomic E-state index is 0.0918. The lowest BCUT2D eigenvalue weighted by Crippen LogP contribution is -2.19. The highest BCUT2D eigenvalue weighted by molar-refractivity contribution is 7.11. The van der Waals surface area contributed by atoms with Crippen LogP contribution in [-0.2, 0) is 11.2 Å². The number of ether oxygens (including phenoxy) is 1. The Bertz CT molecular complexity index is 943. The molecular weight excluding hydrogens is 374 g/mol. The van der Waals surface area contributed by atoms with Gasteiger partial charge in [0.05, 0.1) is 10.7 Å². The molecule has 1 N–H and O–H groups in total. The molecule has 6 nitrogen and oxygen atoms in total. The molecule has 1 amide bonds. The van der Waals surface area contributed by atoms with Gasteiger partial charge in [0.2, 0.25) is 0 Å². The molecule has 0 atom stereocenters. The van der Waals surface area contributed by atoms with Crippen molar-refractivity contribution >= 4 is 45.1 Å². The second-order valence-electron chi connectivity index (χ2n) is 7.22. The summed E-state index contributed by atoms with van der Waals surface area (Å²) in [6.07, 6.45) is 0.745. The molecule has 0 radical (unpaired) electrons. The molecule has 0 spiro atoms. The van der Waals surface area contributed by atoms with E-state index < -0.39 is 0 Å². The van der Waals surface area contributed by atoms with Gasteiger partial charge in [0.15, 0.2) is 18.1 Å². The molecule has 0 bridgehead atoms. The summed E-state index contributed by atoms with van der Waals surface area (Å²) in [4.78, 5) is 16.5. The number of rotatable bonds is 5. The molecule has 8 heteroatoms. The molecule has 3 rings (SSSR count). The zero-order valence-electron chi connectivity index (χ0n) is 15.1. The van der Waals surface area contributed by atoms with Gasteiger partial charge in [-0.2, -0.15) is 4.37 Å². The number of fused-ring (bicyclic) bond motifs is 1. The molecule has 138 valence electrons. The standard InChI is InChI=1S/C18H20ClN3O3S/c1-10-16(19)17(26-22-10)21-14(23)9-24-11-5-6-13-12(7-11)20-15(25-13)8-18(2,3)4/h5-7H,8-9H2,1-4H3,(H,21,23). The number of aryl methyl sites for hydroxylation is 1. The third-order valence-corrected chi connectivity index (χ3v) is 4.93. The van der Waals surface area contributed by atoms with Crippen molar-refractivity contribution in [3.8, 4) is 5.75 Å². The fraction of sp³-hybridized carbons (Fsp3) is 0.389. The molecule has 0 aliphatic rings. The molecule has 2 aromatic heterocycles. The SMILES string of the molecule is Cc1nsc(NC(=O)COc2ccc3oc(CC(C)(C)C)nc3c2)c1Cl. The lowest BCUT2D eigenvalue weighted by molar-refractivity contribution is -0.118. The number of hydrogen-bond donors (Lipinski definition) is 1. The number of oxazole rings is 1. The summed E-state index contributed by atoms with van der Waals surface area (Å²) in [6, 6.07) is 5.32. The van der Waals surface area contributed by atoms with Gasteiger partial charge in [-0.1, -0.05) is 32.4 Å². The van der Waals surface area contributed by atoms with E-state index in [9.17, 15) is 4.79 Å². The van der Waals surface area contributed by atoms with Gasteiger partial charge in [0.25, 0.3) is 5.91 Å². The normalized spacial score (nSPS) is 11.7. The van der Waals surface area contributed by atoms with Crippen LogP contribution in [0.4, 0.5) is 5.00 Å². The first-order valence-electron chi connectivity index (χ1n) is 8.15. The summed E-state index contributed by atoms with van der Waals surface area (Å²) >= 11 is 7.20. The number of nitrogens with zero attached hydrogens (tertiary/aromatic N) is 2. The van der Waals surface area contributed by atoms with Gasteiger partial charge in [-0.3, -0.25) is 4.79 Å². The quantitative estimate of drug-likeness (QED) is 0.670. The van der Waals surface area contributed by atoms with Crippen molar-refractivity contribution in [3.05, 3.63) is 34.8 Å². The van der Waals surface area contributed by atoms with Crippen LogP contribution < -0.4 is 10.1 Å². The average Bonchev–Trinajstić information content (AvgIpc) is 3.08. The van der Waals surface area contributed by atoms with E-state index in [2.05, 4.69) is 35.4 Å². The molecule has 26 heavy (non-hydrogen) atoms. The second kappa shape index (κ2) is 7.25. The lowest BCUT2D eigenvalue weighted by atomic mass is 9.92. The highest BCUT2D eigenvalue weighted by atomic mass is 35.5. The Morgan fingerprint density at radius 2 is 2.15 bits per heavy atom. The van der Waals surface area contributed by atoms with Crippen LogP contribution in [0.5, 0.6) is 5.75 Å². The largest absolute Gasteiger partial charge is 0.484 e. The number of carbonyl (C=O) groups is 1. The van der Waals surface area contributed by atoms with Crippen LogP contribution in [0.1, 0.15) is 32.4 Å². The van der Waals surface area contributed by atoms with Gasteiger partial charge in [-0.05, 0) is 36.0 Å². The molecule has 0 aliphatic heterocycles. The summed E-state index contributed by atoms with van der Waals surface area (Å²) in [7, 11) is 0. The molecule has 0 saturated carbocycles. The molecule has 3 aromatic rings. The Hall–Kier alpha value is -2.12. The van der Waals surface area contributed by atoms with Crippen molar-refractivity contribution in [1.82, 2.24) is 9.36 Å². The summed E-state index contributed by atoms with van der Waals surface area (Å²) in [6.45, 7) is 8.04. The predicted octanol–water partition coefficient (Wildman–Crippen LogP) is 4.85. The van der Waals surface area contributed by atoms with Gasteiger partial charge in [0, 0.05) is 12.5 Å². The third kappa shape index (κ3) is 4.53. The van der Waals surface area contributed by atoms with Crippen LogP contribution in [-0.4, -0.2) is 21.9 Å². The van der Waals surface area contributed by atoms with E-state index in [0.29, 0.717) is 38.5 Å². The molecule has 0 saturated heterocycles. The van der Waals surface area contributed by atoms with Crippen LogP contribution in [0.15, 0.2) is 22.6 Å². The summed E-state index contributed by atoms with van der Waals surface area (Å²) in [5, 5.41) is 3.68. The number of anilines is 1. The fourth-order valence-corrected chi connectivity index (χ4v) is 3.27. The number of aromatic nitrogens is 2. The fourth-order valence-electron chi connectivity index (χ4n) is 2.32. The first kappa shape index (κ1) is 18.7. The second-order valence-corrected chi connectivity index (χ2v) is 8.37. The zero-order valence-corrected chi connectivity index (χ0v) is 16.6. The maximum absolute atomic E-state index is 12.0. The topological polar surface area (TPSA) is 77.2 Å². The maximum Gasteiger partial charge on any atom is 0.262 e. The molecule has 2 heterocycles. The van der Waals surface area contributed by atoms with Gasteiger partial charge in [-0.15, -0.1) is 0 Å². The van der Waals surface area contributed by atoms with Gasteiger partial charge >= 0.3 is 0 Å². The van der Waals surface area contributed by atoms with Crippen LogP contribution in [0, 0.1) is 12.3 Å². The number of halogens is 1. The van der Waals surface area contributed by atoms with Crippen molar-refractivity contribution in [1.29, 1.82) is 0 Å². The van der Waals surface area contributed by atoms with E-state index in [0.717, 1.165) is 18.0 Å². The number of benzene rings is 1. The van der Waals surface area contributed by atoms with Crippen LogP contribution in [0.3, 0.4) is 0 Å². The highest BCUT2D eigenvalue weighted by Crippen LogP contribution is 2.29. The minimum atomic E-state index is -0.302. The Kier molecular flexibility index (Phi) is 5.20. The Morgan fingerprint density at radius 3 is 2.81 bits per heavy atom. The number of nitrogens with one attached hydrogen (secondary N) is 1. The van der Waals surface area contributed by atoms with E-state index in [1.807, 2.05) is 0 Å². The van der Waals surface area contributed by atoms with Crippen LogP contribution >= 0.6 is 23.1 Å². The molecule has 0 unspecified atom stereocenters. The van der Waals surface area contributed by atoms with Crippen molar-refractivity contribution in [2.24, 2.45) is 5.41 Å². The molecule has 0 fully saturated rings. The average molecular weight is 394 g/mol. The first-order valence-corrected chi connectivity index (χ1v) is 9.30. The molecular formula is C18H20ClN3O3S. The molecule has 0 aliphatic carbocycles. The Morgan fingerprint density at radius 1 is 1.38 bits per heavy atom. The van der Waals surface area contributed by atoms with E-state index in [1.54, 1.807) is 25.1 Å². The third-order valence-electron chi connectivity index (χ3n) is 3.50. The summed E-state index contributed by atoms with van der Waals surface area (Å²) < 4.78 is 15.4. The first-order chi connectivity index (χ1) is 12.2. The number of amides is 1. The van der Waals surface area contributed by atoms with E-state index in [4.69, 9.17) is 20.8 Å². The Labute approximate surface area is 160 Å². The minimum Gasteiger partial charge on any atom is -0.484 e. The van der Waals surface area contributed by atoms with Crippen molar-refractivity contribution in [3.63, 3.8) is 0 Å². The van der Waals surface area contributed by atoms with Crippen molar-refractivity contribution in [2.75, 3.05) is 11.9 Å². The van der Waals surface area contributed by atoms with E-state index >= 15 is 0 Å². The van der Waals surface area contributed by atoms with E-state index in [-0.39, 0.29) is 17.9 Å². The van der Waals surface area contributed by atoms with Crippen LogP contribution in [0.25, 0.3) is 11.1 Å². The van der Waals surface area contributed by atoms with Crippen LogP contribution in [0.2, 0.25) is 5.02 Å². The highest BCUT2D eigenvalue weighted by Gasteiger charge is 2.17. The summed E-state index contributed by atoms with van der Waals surface area (Å²) in [5.74, 6) is 0.941. The van der Waals surface area contributed by atoms with Crippen molar-refractivity contribution < 1.29 is 13.9 Å². The monoisotopic (exact) mass is 393 g/mol. The lowest BCUT2D eigenvalue weighted by Gasteiger charge is -2.14.